The van der Waals surface area contributed by atoms with Crippen LogP contribution in [-0.2, 0) is 0 Å². The smallest absolute Gasteiger partial charge is 0.192 e. The molecule has 0 bridgehead atoms. The molecule has 2 aromatic rings. The average molecular weight is 254 g/mol. The largest absolute Gasteiger partial charge is 0.262 e. The molecule has 0 aromatic carbocycles. The summed E-state index contributed by atoms with van der Waals surface area (Å²) in [6.45, 7) is 0. The maximum atomic E-state index is 6.06. The number of nitrogens with zero attached hydrogens (tertiary/aromatic N) is 2. The summed E-state index contributed by atoms with van der Waals surface area (Å²) in [4.78, 5) is 5.52. The van der Waals surface area contributed by atoms with Crippen LogP contribution < -0.4 is 0 Å². The first-order valence-corrected chi connectivity index (χ1v) is 6.76. The van der Waals surface area contributed by atoms with Crippen molar-refractivity contribution in [1.29, 1.82) is 0 Å². The predicted octanol–water partition coefficient (Wildman–Crippen LogP) is 3.84. The van der Waals surface area contributed by atoms with Gasteiger partial charge in [0.25, 0.3) is 0 Å². The third kappa shape index (κ3) is 1.76. The van der Waals surface area contributed by atoms with Crippen molar-refractivity contribution in [3.05, 3.63) is 22.3 Å². The van der Waals surface area contributed by atoms with Crippen LogP contribution in [-0.4, -0.2) is 15.2 Å². The molecule has 1 aliphatic rings. The molecular formula is C11H12ClN3S. The Morgan fingerprint density at radius 3 is 2.88 bits per heavy atom. The first-order valence-electron chi connectivity index (χ1n) is 5.50. The fraction of sp³-hybridized carbons (Fsp3) is 0.455. The minimum atomic E-state index is 0.569. The zero-order valence-electron chi connectivity index (χ0n) is 8.74. The second kappa shape index (κ2) is 4.18. The molecule has 2 heterocycles. The SMILES string of the molecule is Clc1ccsc1-c1n[nH]c(C2CCCC2)n1. The summed E-state index contributed by atoms with van der Waals surface area (Å²) >= 11 is 7.64. The summed E-state index contributed by atoms with van der Waals surface area (Å²) in [5, 5.41) is 10.0. The van der Waals surface area contributed by atoms with E-state index in [1.165, 1.54) is 25.7 Å². The minimum Gasteiger partial charge on any atom is -0.262 e. The molecule has 3 nitrogen and oxygen atoms in total. The van der Waals surface area contributed by atoms with E-state index in [1.54, 1.807) is 11.3 Å². The van der Waals surface area contributed by atoms with Gasteiger partial charge in [0.05, 0.1) is 9.90 Å². The van der Waals surface area contributed by atoms with Crippen molar-refractivity contribution < 1.29 is 0 Å². The van der Waals surface area contributed by atoms with E-state index in [4.69, 9.17) is 11.6 Å². The van der Waals surface area contributed by atoms with Crippen molar-refractivity contribution in [2.45, 2.75) is 31.6 Å². The average Bonchev–Trinajstić information content (AvgIpc) is 2.96. The van der Waals surface area contributed by atoms with Crippen molar-refractivity contribution in [1.82, 2.24) is 15.2 Å². The molecule has 5 heteroatoms. The maximum absolute atomic E-state index is 6.06. The van der Waals surface area contributed by atoms with Gasteiger partial charge in [-0.1, -0.05) is 24.4 Å². The lowest BCUT2D eigenvalue weighted by atomic mass is 10.1. The highest BCUT2D eigenvalue weighted by Crippen LogP contribution is 2.35. The molecule has 84 valence electrons. The summed E-state index contributed by atoms with van der Waals surface area (Å²) < 4.78 is 0. The van der Waals surface area contributed by atoms with Crippen LogP contribution in [0.1, 0.15) is 37.4 Å². The van der Waals surface area contributed by atoms with Gasteiger partial charge in [-0.15, -0.1) is 11.3 Å². The molecule has 1 aliphatic carbocycles. The lowest BCUT2D eigenvalue weighted by Crippen LogP contribution is -1.94. The Labute approximate surface area is 103 Å². The van der Waals surface area contributed by atoms with Crippen LogP contribution in [0.2, 0.25) is 5.02 Å². The van der Waals surface area contributed by atoms with Gasteiger partial charge in [-0.2, -0.15) is 5.10 Å². The van der Waals surface area contributed by atoms with Gasteiger partial charge in [0.15, 0.2) is 5.82 Å². The molecule has 1 N–H and O–H groups in total. The van der Waals surface area contributed by atoms with Gasteiger partial charge < -0.3 is 0 Å². The van der Waals surface area contributed by atoms with Gasteiger partial charge in [0, 0.05) is 5.92 Å². The van der Waals surface area contributed by atoms with E-state index in [2.05, 4.69) is 15.2 Å². The molecule has 3 rings (SSSR count). The predicted molar refractivity (Wildman–Crippen MR) is 65.9 cm³/mol. The highest BCUT2D eigenvalue weighted by atomic mass is 35.5. The Kier molecular flexibility index (Phi) is 2.69. The second-order valence-corrected chi connectivity index (χ2v) is 5.45. The number of rotatable bonds is 2. The molecule has 0 radical (unpaired) electrons. The van der Waals surface area contributed by atoms with Gasteiger partial charge in [-0.05, 0) is 24.3 Å². The number of aromatic amines is 1. The number of halogens is 1. The monoisotopic (exact) mass is 253 g/mol. The molecule has 0 saturated heterocycles. The number of nitrogens with one attached hydrogen (secondary N) is 1. The number of hydrogen-bond donors (Lipinski definition) is 1. The van der Waals surface area contributed by atoms with Gasteiger partial charge >= 0.3 is 0 Å². The van der Waals surface area contributed by atoms with E-state index < -0.39 is 0 Å². The molecule has 0 spiro atoms. The zero-order valence-corrected chi connectivity index (χ0v) is 10.3. The van der Waals surface area contributed by atoms with E-state index in [9.17, 15) is 0 Å². The number of thiophene rings is 1. The van der Waals surface area contributed by atoms with Gasteiger partial charge in [0.2, 0.25) is 0 Å². The second-order valence-electron chi connectivity index (χ2n) is 4.12. The van der Waals surface area contributed by atoms with Crippen molar-refractivity contribution in [3.63, 3.8) is 0 Å². The Balaban J connectivity index is 1.90. The minimum absolute atomic E-state index is 0.569. The van der Waals surface area contributed by atoms with Crippen LogP contribution in [0.15, 0.2) is 11.4 Å². The van der Waals surface area contributed by atoms with Gasteiger partial charge in [-0.25, -0.2) is 4.98 Å². The summed E-state index contributed by atoms with van der Waals surface area (Å²) in [5.74, 6) is 2.33. The topological polar surface area (TPSA) is 41.6 Å². The molecule has 0 atom stereocenters. The molecular weight excluding hydrogens is 242 g/mol. The third-order valence-corrected chi connectivity index (χ3v) is 4.40. The fourth-order valence-corrected chi connectivity index (χ4v) is 3.28. The van der Waals surface area contributed by atoms with Crippen LogP contribution in [0.5, 0.6) is 0 Å². The first kappa shape index (κ1) is 10.3. The molecule has 0 aliphatic heterocycles. The highest BCUT2D eigenvalue weighted by molar-refractivity contribution is 7.14. The standard InChI is InChI=1S/C11H12ClN3S/c12-8-5-6-16-9(8)11-13-10(14-15-11)7-3-1-2-4-7/h5-7H,1-4H2,(H,13,14,15). The number of hydrogen-bond acceptors (Lipinski definition) is 3. The Hall–Kier alpha value is -0.870. The van der Waals surface area contributed by atoms with E-state index in [0.29, 0.717) is 5.92 Å². The Morgan fingerprint density at radius 1 is 1.38 bits per heavy atom. The third-order valence-electron chi connectivity index (χ3n) is 3.06. The molecule has 1 saturated carbocycles. The summed E-state index contributed by atoms with van der Waals surface area (Å²) in [6.07, 6.45) is 5.07. The van der Waals surface area contributed by atoms with E-state index >= 15 is 0 Å². The normalized spacial score (nSPS) is 17.1. The lowest BCUT2D eigenvalue weighted by Gasteiger charge is -2.01. The van der Waals surface area contributed by atoms with Crippen LogP contribution in [0, 0.1) is 0 Å². The van der Waals surface area contributed by atoms with Crippen molar-refractivity contribution in [2.75, 3.05) is 0 Å². The lowest BCUT2D eigenvalue weighted by molar-refractivity contribution is 0.672. The van der Waals surface area contributed by atoms with Crippen molar-refractivity contribution >= 4 is 22.9 Å². The fourth-order valence-electron chi connectivity index (χ4n) is 2.21. The molecule has 0 unspecified atom stereocenters. The summed E-state index contributed by atoms with van der Waals surface area (Å²) in [7, 11) is 0. The quantitative estimate of drug-likeness (QED) is 0.883. The Bertz CT molecular complexity index is 485. The van der Waals surface area contributed by atoms with E-state index in [-0.39, 0.29) is 0 Å². The first-order chi connectivity index (χ1) is 7.84. The Morgan fingerprint density at radius 2 is 2.19 bits per heavy atom. The van der Waals surface area contributed by atoms with Gasteiger partial charge in [0.1, 0.15) is 5.82 Å². The zero-order chi connectivity index (χ0) is 11.0. The molecule has 0 amide bonds. The highest BCUT2D eigenvalue weighted by Gasteiger charge is 2.21. The van der Waals surface area contributed by atoms with Crippen LogP contribution in [0.3, 0.4) is 0 Å². The summed E-state index contributed by atoms with van der Waals surface area (Å²) in [6, 6.07) is 1.88. The number of aromatic nitrogens is 3. The van der Waals surface area contributed by atoms with Crippen molar-refractivity contribution in [2.24, 2.45) is 0 Å². The number of H-pyrrole nitrogens is 1. The van der Waals surface area contributed by atoms with Crippen molar-refractivity contribution in [3.8, 4) is 10.7 Å². The van der Waals surface area contributed by atoms with Crippen LogP contribution in [0.25, 0.3) is 10.7 Å². The summed E-state index contributed by atoms with van der Waals surface area (Å²) in [5.41, 5.74) is 0. The maximum Gasteiger partial charge on any atom is 0.192 e. The van der Waals surface area contributed by atoms with Crippen LogP contribution in [0.4, 0.5) is 0 Å². The van der Waals surface area contributed by atoms with E-state index in [1.807, 2.05) is 11.4 Å². The molecule has 1 fully saturated rings. The molecule has 2 aromatic heterocycles. The molecule has 16 heavy (non-hydrogen) atoms. The van der Waals surface area contributed by atoms with Crippen LogP contribution >= 0.6 is 22.9 Å². The van der Waals surface area contributed by atoms with E-state index in [0.717, 1.165) is 21.5 Å². The van der Waals surface area contributed by atoms with Gasteiger partial charge in [-0.3, -0.25) is 5.10 Å².